The molecule has 2 aromatic rings. The van der Waals surface area contributed by atoms with Crippen LogP contribution in [-0.4, -0.2) is 0 Å². The number of hydrogen-bond donors (Lipinski definition) is 0. The summed E-state index contributed by atoms with van der Waals surface area (Å²) in [6.45, 7) is 0. The van der Waals surface area contributed by atoms with Gasteiger partial charge in [0.1, 0.15) is 5.75 Å². The molecule has 0 atom stereocenters. The van der Waals surface area contributed by atoms with Crippen LogP contribution in [0.4, 0.5) is 8.78 Å². The lowest BCUT2D eigenvalue weighted by molar-refractivity contribution is 0.416. The average Bonchev–Trinajstić information content (AvgIpc) is 2.25. The second kappa shape index (κ2) is 4.49. The number of benzene rings is 2. The molecule has 0 aliphatic carbocycles. The molecule has 2 rings (SSSR count). The topological polar surface area (TPSA) is 9.23 Å². The van der Waals surface area contributed by atoms with Crippen molar-refractivity contribution < 1.29 is 13.5 Å². The third-order valence-corrected chi connectivity index (χ3v) is 2.10. The molecule has 4 heteroatoms. The van der Waals surface area contributed by atoms with Gasteiger partial charge in [-0.3, -0.25) is 0 Å². The summed E-state index contributed by atoms with van der Waals surface area (Å²) in [5.41, 5.74) is 0. The largest absolute Gasteiger partial charge is 0.454 e. The van der Waals surface area contributed by atoms with Gasteiger partial charge in [-0.05, 0) is 24.3 Å². The van der Waals surface area contributed by atoms with Crippen molar-refractivity contribution in [1.29, 1.82) is 0 Å². The van der Waals surface area contributed by atoms with Crippen molar-refractivity contribution in [3.8, 4) is 11.5 Å². The highest BCUT2D eigenvalue weighted by Gasteiger charge is 2.09. The van der Waals surface area contributed by atoms with E-state index in [2.05, 4.69) is 6.07 Å². The maximum atomic E-state index is 13.2. The summed E-state index contributed by atoms with van der Waals surface area (Å²) in [4.78, 5) is 0. The molecule has 2 aromatic carbocycles. The number of rotatable bonds is 2. The van der Waals surface area contributed by atoms with Crippen molar-refractivity contribution in [2.24, 2.45) is 0 Å². The van der Waals surface area contributed by atoms with Gasteiger partial charge in [0.2, 0.25) is 5.82 Å². The van der Waals surface area contributed by atoms with Crippen molar-refractivity contribution in [2.45, 2.75) is 0 Å². The first-order chi connectivity index (χ1) is 7.66. The lowest BCUT2D eigenvalue weighted by Gasteiger charge is -2.06. The quantitative estimate of drug-likeness (QED) is 0.763. The second-order valence-corrected chi connectivity index (χ2v) is 3.43. The van der Waals surface area contributed by atoms with E-state index in [1.54, 1.807) is 6.07 Å². The van der Waals surface area contributed by atoms with Crippen molar-refractivity contribution in [3.63, 3.8) is 0 Å². The molecule has 0 saturated carbocycles. The molecule has 81 valence electrons. The number of halogens is 3. The lowest BCUT2D eigenvalue weighted by Crippen LogP contribution is -1.91. The predicted octanol–water partition coefficient (Wildman–Crippen LogP) is 4.21. The van der Waals surface area contributed by atoms with Crippen LogP contribution in [0, 0.1) is 17.7 Å². The monoisotopic (exact) mass is 239 g/mol. The summed E-state index contributed by atoms with van der Waals surface area (Å²) in [7, 11) is 0. The minimum Gasteiger partial charge on any atom is -0.454 e. The summed E-state index contributed by atoms with van der Waals surface area (Å²) < 4.78 is 31.3. The molecule has 0 N–H and O–H groups in total. The molecule has 0 saturated heterocycles. The summed E-state index contributed by atoms with van der Waals surface area (Å²) in [5.74, 6) is -1.83. The van der Waals surface area contributed by atoms with Gasteiger partial charge < -0.3 is 4.74 Å². The van der Waals surface area contributed by atoms with E-state index in [1.807, 2.05) is 0 Å². The van der Waals surface area contributed by atoms with Crippen molar-refractivity contribution in [2.75, 3.05) is 0 Å². The van der Waals surface area contributed by atoms with Crippen LogP contribution in [0.1, 0.15) is 0 Å². The van der Waals surface area contributed by atoms with Crippen LogP contribution in [0.2, 0.25) is 5.02 Å². The highest BCUT2D eigenvalue weighted by atomic mass is 35.5. The fourth-order valence-electron chi connectivity index (χ4n) is 1.17. The molecule has 0 amide bonds. The summed E-state index contributed by atoms with van der Waals surface area (Å²) in [5, 5.41) is 0.342. The molecule has 0 fully saturated rings. The third-order valence-electron chi connectivity index (χ3n) is 1.88. The molecule has 0 unspecified atom stereocenters. The summed E-state index contributed by atoms with van der Waals surface area (Å²) in [6, 6.07) is 11.0. The highest BCUT2D eigenvalue weighted by Crippen LogP contribution is 2.27. The van der Waals surface area contributed by atoms with E-state index in [0.717, 1.165) is 6.07 Å². The Morgan fingerprint density at radius 1 is 1.19 bits per heavy atom. The normalized spacial score (nSPS) is 10.2. The molecule has 1 radical (unpaired) electrons. The molecule has 0 aliphatic rings. The Balaban J connectivity index is 2.31. The Morgan fingerprint density at radius 3 is 2.75 bits per heavy atom. The molecule has 0 heterocycles. The van der Waals surface area contributed by atoms with Gasteiger partial charge in [0, 0.05) is 12.1 Å². The second-order valence-electron chi connectivity index (χ2n) is 3.03. The fourth-order valence-corrected chi connectivity index (χ4v) is 1.34. The molecular formula is C12H6ClF2O. The first kappa shape index (κ1) is 10.9. The van der Waals surface area contributed by atoms with E-state index in [-0.39, 0.29) is 5.75 Å². The Bertz CT molecular complexity index is 514. The van der Waals surface area contributed by atoms with Crippen LogP contribution in [0.3, 0.4) is 0 Å². The average molecular weight is 240 g/mol. The molecule has 0 bridgehead atoms. The van der Waals surface area contributed by atoms with Gasteiger partial charge in [-0.2, -0.15) is 4.39 Å². The van der Waals surface area contributed by atoms with Gasteiger partial charge in [-0.1, -0.05) is 17.7 Å². The van der Waals surface area contributed by atoms with Crippen LogP contribution in [0.25, 0.3) is 0 Å². The molecule has 0 aromatic heterocycles. The number of ether oxygens (including phenoxy) is 1. The maximum absolute atomic E-state index is 13.2. The predicted molar refractivity (Wildman–Crippen MR) is 56.7 cm³/mol. The molecule has 1 nitrogen and oxygen atoms in total. The molecule has 16 heavy (non-hydrogen) atoms. The van der Waals surface area contributed by atoms with Crippen LogP contribution >= 0.6 is 11.6 Å². The summed E-state index contributed by atoms with van der Waals surface area (Å²) in [6.07, 6.45) is 0. The first-order valence-electron chi connectivity index (χ1n) is 4.46. The Hall–Kier alpha value is -1.61. The van der Waals surface area contributed by atoms with E-state index in [9.17, 15) is 8.78 Å². The van der Waals surface area contributed by atoms with Crippen LogP contribution < -0.4 is 4.74 Å². The lowest BCUT2D eigenvalue weighted by atomic mass is 10.3. The number of hydrogen-bond acceptors (Lipinski definition) is 1. The fraction of sp³-hybridized carbons (Fsp3) is 0. The van der Waals surface area contributed by atoms with Gasteiger partial charge in [-0.25, -0.2) is 4.39 Å². The molecular weight excluding hydrogens is 234 g/mol. The zero-order valence-corrected chi connectivity index (χ0v) is 8.76. The van der Waals surface area contributed by atoms with Crippen molar-refractivity contribution >= 4 is 11.6 Å². The van der Waals surface area contributed by atoms with E-state index < -0.39 is 11.6 Å². The van der Waals surface area contributed by atoms with E-state index in [1.165, 1.54) is 24.3 Å². The van der Waals surface area contributed by atoms with Crippen molar-refractivity contribution in [1.82, 2.24) is 0 Å². The van der Waals surface area contributed by atoms with E-state index >= 15 is 0 Å². The van der Waals surface area contributed by atoms with Gasteiger partial charge in [0.25, 0.3) is 0 Å². The van der Waals surface area contributed by atoms with Crippen LogP contribution in [0.15, 0.2) is 36.4 Å². The Kier molecular flexibility index (Phi) is 3.06. The van der Waals surface area contributed by atoms with Crippen molar-refractivity contribution in [3.05, 3.63) is 59.1 Å². The summed E-state index contributed by atoms with van der Waals surface area (Å²) >= 11 is 5.68. The van der Waals surface area contributed by atoms with Gasteiger partial charge >= 0.3 is 0 Å². The standard InChI is InChI=1S/C12H6ClF2O/c13-8-3-1-4-9(7-8)16-11-6-2-5-10(14)12(11)15/h1-2,4-7H. The molecule has 0 spiro atoms. The minimum atomic E-state index is -1.02. The van der Waals surface area contributed by atoms with E-state index in [0.29, 0.717) is 10.8 Å². The SMILES string of the molecule is Fc1cccc(Oc2cc[c]c(Cl)c2)c1F. The van der Waals surface area contributed by atoms with Crippen LogP contribution in [-0.2, 0) is 0 Å². The highest BCUT2D eigenvalue weighted by molar-refractivity contribution is 6.30. The zero-order valence-electron chi connectivity index (χ0n) is 8.01. The van der Waals surface area contributed by atoms with Gasteiger partial charge in [0.05, 0.1) is 5.02 Å². The zero-order chi connectivity index (χ0) is 11.5. The van der Waals surface area contributed by atoms with Crippen LogP contribution in [0.5, 0.6) is 11.5 Å². The minimum absolute atomic E-state index is 0.178. The van der Waals surface area contributed by atoms with Gasteiger partial charge in [0.15, 0.2) is 11.6 Å². The first-order valence-corrected chi connectivity index (χ1v) is 4.84. The smallest absolute Gasteiger partial charge is 0.201 e. The van der Waals surface area contributed by atoms with E-state index in [4.69, 9.17) is 16.3 Å². The Labute approximate surface area is 96.2 Å². The Morgan fingerprint density at radius 2 is 2.00 bits per heavy atom. The maximum Gasteiger partial charge on any atom is 0.201 e. The third kappa shape index (κ3) is 2.31. The molecule has 0 aliphatic heterocycles. The van der Waals surface area contributed by atoms with Gasteiger partial charge in [-0.15, -0.1) is 0 Å².